The lowest BCUT2D eigenvalue weighted by atomic mass is 10.1. The second-order valence-corrected chi connectivity index (χ2v) is 6.22. The van der Waals surface area contributed by atoms with Gasteiger partial charge in [0.25, 0.3) is 0 Å². The molecule has 0 bridgehead atoms. The Morgan fingerprint density at radius 1 is 1.23 bits per heavy atom. The first-order valence-corrected chi connectivity index (χ1v) is 5.97. The summed E-state index contributed by atoms with van der Waals surface area (Å²) in [6, 6.07) is 0. The molecule has 0 spiro atoms. The zero-order valence-corrected chi connectivity index (χ0v) is 10.3. The normalized spacial score (nSPS) is 13.4. The molecule has 13 heavy (non-hydrogen) atoms. The number of aliphatic hydroxyl groups is 1. The predicted octanol–water partition coefficient (Wildman–Crippen LogP) is 1.88. The van der Waals surface area contributed by atoms with E-state index in [1.807, 2.05) is 25.6 Å². The van der Waals surface area contributed by atoms with Crippen molar-refractivity contribution in [3.05, 3.63) is 0 Å². The van der Waals surface area contributed by atoms with Crippen LogP contribution in [0.1, 0.15) is 34.1 Å². The molecule has 0 radical (unpaired) electrons. The largest absolute Gasteiger partial charge is 0.390 e. The first-order chi connectivity index (χ1) is 5.77. The minimum atomic E-state index is -0.545. The van der Waals surface area contributed by atoms with Crippen LogP contribution in [-0.4, -0.2) is 34.8 Å². The van der Waals surface area contributed by atoms with E-state index in [9.17, 15) is 5.11 Å². The molecular weight excluding hydrogens is 182 g/mol. The lowest BCUT2D eigenvalue weighted by molar-refractivity contribution is 0.0711. The van der Waals surface area contributed by atoms with Gasteiger partial charge in [0.1, 0.15) is 0 Å². The van der Waals surface area contributed by atoms with Crippen molar-refractivity contribution in [2.24, 2.45) is 0 Å². The fourth-order valence-corrected chi connectivity index (χ4v) is 1.10. The molecule has 0 aromatic rings. The molecule has 0 heterocycles. The number of rotatable bonds is 6. The van der Waals surface area contributed by atoms with Gasteiger partial charge in [-0.25, -0.2) is 0 Å². The van der Waals surface area contributed by atoms with Crippen molar-refractivity contribution in [1.29, 1.82) is 0 Å². The first kappa shape index (κ1) is 13.3. The van der Waals surface area contributed by atoms with Crippen molar-refractivity contribution in [3.8, 4) is 0 Å². The fourth-order valence-electron chi connectivity index (χ4n) is 0.856. The van der Waals surface area contributed by atoms with Gasteiger partial charge in [0.15, 0.2) is 0 Å². The smallest absolute Gasteiger partial charge is 0.0603 e. The molecule has 0 aromatic carbocycles. The van der Waals surface area contributed by atoms with Crippen molar-refractivity contribution in [1.82, 2.24) is 5.32 Å². The van der Waals surface area contributed by atoms with Gasteiger partial charge >= 0.3 is 0 Å². The van der Waals surface area contributed by atoms with Crippen molar-refractivity contribution < 1.29 is 5.11 Å². The summed E-state index contributed by atoms with van der Waals surface area (Å²) < 4.78 is 0.291. The van der Waals surface area contributed by atoms with Crippen LogP contribution in [0.25, 0.3) is 0 Å². The van der Waals surface area contributed by atoms with Crippen LogP contribution in [-0.2, 0) is 0 Å². The fraction of sp³-hybridized carbons (Fsp3) is 1.00. The molecule has 2 N–H and O–H groups in total. The molecule has 0 aliphatic rings. The average Bonchev–Trinajstić information content (AvgIpc) is 1.97. The highest BCUT2D eigenvalue weighted by atomic mass is 32.2. The highest BCUT2D eigenvalue weighted by Crippen LogP contribution is 2.19. The molecule has 0 fully saturated rings. The molecule has 0 amide bonds. The zero-order valence-electron chi connectivity index (χ0n) is 9.48. The van der Waals surface area contributed by atoms with E-state index in [2.05, 4.69) is 25.4 Å². The highest BCUT2D eigenvalue weighted by molar-refractivity contribution is 7.99. The molecule has 80 valence electrons. The monoisotopic (exact) mass is 205 g/mol. The summed E-state index contributed by atoms with van der Waals surface area (Å²) in [5.41, 5.74) is -0.545. The number of hydrogen-bond acceptors (Lipinski definition) is 3. The van der Waals surface area contributed by atoms with Crippen LogP contribution >= 0.6 is 11.8 Å². The maximum absolute atomic E-state index is 9.46. The minimum absolute atomic E-state index is 0.291. The van der Waals surface area contributed by atoms with Gasteiger partial charge in [-0.15, -0.1) is 0 Å². The van der Waals surface area contributed by atoms with Crippen LogP contribution in [0.15, 0.2) is 0 Å². The van der Waals surface area contributed by atoms with Gasteiger partial charge in [-0.2, -0.15) is 11.8 Å². The van der Waals surface area contributed by atoms with Crippen LogP contribution in [0.4, 0.5) is 0 Å². The van der Waals surface area contributed by atoms with Crippen LogP contribution < -0.4 is 5.32 Å². The summed E-state index contributed by atoms with van der Waals surface area (Å²) in [4.78, 5) is 0. The summed E-state index contributed by atoms with van der Waals surface area (Å²) >= 11 is 1.86. The number of nitrogens with one attached hydrogen (secondary N) is 1. The van der Waals surface area contributed by atoms with E-state index in [4.69, 9.17) is 0 Å². The van der Waals surface area contributed by atoms with E-state index in [-0.39, 0.29) is 0 Å². The predicted molar refractivity (Wildman–Crippen MR) is 61.4 cm³/mol. The van der Waals surface area contributed by atoms with Gasteiger partial charge in [0, 0.05) is 11.3 Å². The molecule has 0 saturated heterocycles. The summed E-state index contributed by atoms with van der Waals surface area (Å²) in [6.45, 7) is 9.99. The van der Waals surface area contributed by atoms with Crippen LogP contribution in [0.5, 0.6) is 0 Å². The highest BCUT2D eigenvalue weighted by Gasteiger charge is 2.16. The minimum Gasteiger partial charge on any atom is -0.390 e. The summed E-state index contributed by atoms with van der Waals surface area (Å²) in [5.74, 6) is 0. The third kappa shape index (κ3) is 8.60. The van der Waals surface area contributed by atoms with Gasteiger partial charge in [-0.05, 0) is 46.9 Å². The van der Waals surface area contributed by atoms with Crippen molar-refractivity contribution in [3.63, 3.8) is 0 Å². The van der Waals surface area contributed by atoms with Crippen LogP contribution in [0, 0.1) is 0 Å². The molecule has 0 aromatic heterocycles. The molecule has 0 aliphatic heterocycles. The maximum Gasteiger partial charge on any atom is 0.0603 e. The van der Waals surface area contributed by atoms with E-state index in [0.717, 1.165) is 19.5 Å². The molecule has 0 rings (SSSR count). The van der Waals surface area contributed by atoms with Crippen molar-refractivity contribution in [2.75, 3.05) is 19.3 Å². The van der Waals surface area contributed by atoms with Gasteiger partial charge in [-0.1, -0.05) is 0 Å². The van der Waals surface area contributed by atoms with Gasteiger partial charge in [0.2, 0.25) is 0 Å². The van der Waals surface area contributed by atoms with Crippen molar-refractivity contribution >= 4 is 11.8 Å². The Balaban J connectivity index is 3.47. The van der Waals surface area contributed by atoms with E-state index < -0.39 is 5.60 Å². The van der Waals surface area contributed by atoms with Gasteiger partial charge in [-0.3, -0.25) is 0 Å². The average molecular weight is 205 g/mol. The zero-order chi connectivity index (χ0) is 10.5. The summed E-state index contributed by atoms with van der Waals surface area (Å²) in [5, 5.41) is 12.8. The second-order valence-electron chi connectivity index (χ2n) is 4.70. The molecule has 0 unspecified atom stereocenters. The molecule has 0 aliphatic carbocycles. The quantitative estimate of drug-likeness (QED) is 0.649. The van der Waals surface area contributed by atoms with Gasteiger partial charge in [0.05, 0.1) is 5.60 Å². The SMILES string of the molecule is CSC(C)(C)CNCCC(C)(C)O. The van der Waals surface area contributed by atoms with E-state index >= 15 is 0 Å². The van der Waals surface area contributed by atoms with Gasteiger partial charge < -0.3 is 10.4 Å². The Hall–Kier alpha value is 0.270. The second kappa shape index (κ2) is 5.23. The van der Waals surface area contributed by atoms with Crippen LogP contribution in [0.3, 0.4) is 0 Å². The molecule has 2 nitrogen and oxygen atoms in total. The summed E-state index contributed by atoms with van der Waals surface area (Å²) in [6.07, 6.45) is 2.93. The molecular formula is C10H23NOS. The van der Waals surface area contributed by atoms with E-state index in [0.29, 0.717) is 4.75 Å². The standard InChI is InChI=1S/C10H23NOS/c1-9(2,12)6-7-11-8-10(3,4)13-5/h11-12H,6-8H2,1-5H3. The van der Waals surface area contributed by atoms with Crippen molar-refractivity contribution in [2.45, 2.75) is 44.5 Å². The third-order valence-corrected chi connectivity index (χ3v) is 3.27. The first-order valence-electron chi connectivity index (χ1n) is 4.75. The van der Waals surface area contributed by atoms with E-state index in [1.165, 1.54) is 0 Å². The third-order valence-electron chi connectivity index (χ3n) is 2.02. The van der Waals surface area contributed by atoms with E-state index in [1.54, 1.807) is 0 Å². The van der Waals surface area contributed by atoms with Crippen LogP contribution in [0.2, 0.25) is 0 Å². The molecule has 0 atom stereocenters. The Labute approximate surface area is 86.5 Å². The topological polar surface area (TPSA) is 32.3 Å². The molecule has 0 saturated carbocycles. The Morgan fingerprint density at radius 3 is 2.15 bits per heavy atom. The molecule has 3 heteroatoms. The Kier molecular flexibility index (Phi) is 5.33. The Morgan fingerprint density at radius 2 is 1.77 bits per heavy atom. The number of hydrogen-bond donors (Lipinski definition) is 2. The summed E-state index contributed by atoms with van der Waals surface area (Å²) in [7, 11) is 0. The lowest BCUT2D eigenvalue weighted by Crippen LogP contribution is -2.35. The maximum atomic E-state index is 9.46. The Bertz CT molecular complexity index is 140. The number of thioether (sulfide) groups is 1. The lowest BCUT2D eigenvalue weighted by Gasteiger charge is -2.24.